The highest BCUT2D eigenvalue weighted by atomic mass is 16.5. The average molecular weight is 170 g/mol. The number of nitrogens with two attached hydrogens (primary N) is 1. The van der Waals surface area contributed by atoms with Crippen LogP contribution in [0.5, 0.6) is 0 Å². The third kappa shape index (κ3) is 1.11. The number of carbonyl (C=O) groups excluding carboxylic acids is 1. The van der Waals surface area contributed by atoms with Gasteiger partial charge in [-0.2, -0.15) is 0 Å². The summed E-state index contributed by atoms with van der Waals surface area (Å²) in [5.41, 5.74) is 5.23. The summed E-state index contributed by atoms with van der Waals surface area (Å²) in [7, 11) is 0. The molecule has 0 aliphatic carbocycles. The first-order valence-corrected chi connectivity index (χ1v) is 4.35. The molecule has 2 N–H and O–H groups in total. The first-order valence-electron chi connectivity index (χ1n) is 4.35. The molecule has 2 saturated heterocycles. The van der Waals surface area contributed by atoms with Crippen LogP contribution in [0.15, 0.2) is 0 Å². The lowest BCUT2D eigenvalue weighted by Crippen LogP contribution is -2.48. The van der Waals surface area contributed by atoms with Crippen molar-refractivity contribution >= 4 is 5.91 Å². The Balaban J connectivity index is 2.02. The van der Waals surface area contributed by atoms with Crippen LogP contribution in [0.1, 0.15) is 13.3 Å². The SMILES string of the molecule is CC(C(N)=O)N1CC2CC1CO2. The monoisotopic (exact) mass is 170 g/mol. The molecule has 2 fully saturated rings. The van der Waals surface area contributed by atoms with E-state index in [1.54, 1.807) is 0 Å². The van der Waals surface area contributed by atoms with Gasteiger partial charge in [0.25, 0.3) is 0 Å². The van der Waals surface area contributed by atoms with Gasteiger partial charge in [-0.15, -0.1) is 0 Å². The summed E-state index contributed by atoms with van der Waals surface area (Å²) in [6.07, 6.45) is 1.41. The molecule has 0 aromatic rings. The number of hydrogen-bond donors (Lipinski definition) is 1. The minimum atomic E-state index is -0.234. The van der Waals surface area contributed by atoms with Crippen LogP contribution < -0.4 is 5.73 Å². The summed E-state index contributed by atoms with van der Waals surface area (Å²) in [6, 6.07) is 0.293. The molecule has 2 rings (SSSR count). The summed E-state index contributed by atoms with van der Waals surface area (Å²) in [6.45, 7) is 3.50. The van der Waals surface area contributed by atoms with Gasteiger partial charge in [0.15, 0.2) is 0 Å². The smallest absolute Gasteiger partial charge is 0.234 e. The minimum absolute atomic E-state index is 0.135. The van der Waals surface area contributed by atoms with Crippen LogP contribution in [0, 0.1) is 0 Å². The number of likely N-dealkylation sites (tertiary alicyclic amines) is 1. The zero-order valence-corrected chi connectivity index (χ0v) is 7.19. The van der Waals surface area contributed by atoms with Crippen molar-refractivity contribution in [2.75, 3.05) is 13.2 Å². The molecule has 2 aliphatic heterocycles. The van der Waals surface area contributed by atoms with Crippen molar-refractivity contribution in [2.24, 2.45) is 5.73 Å². The van der Waals surface area contributed by atoms with Crippen molar-refractivity contribution in [3.05, 3.63) is 0 Å². The number of morpholine rings is 1. The molecular formula is C8H14N2O2. The van der Waals surface area contributed by atoms with Gasteiger partial charge in [0, 0.05) is 12.6 Å². The van der Waals surface area contributed by atoms with Crippen molar-refractivity contribution in [1.29, 1.82) is 0 Å². The highest BCUT2D eigenvalue weighted by molar-refractivity contribution is 5.79. The van der Waals surface area contributed by atoms with Crippen molar-refractivity contribution in [2.45, 2.75) is 31.5 Å². The average Bonchev–Trinajstić information content (AvgIpc) is 2.62. The minimum Gasteiger partial charge on any atom is -0.375 e. The second-order valence-corrected chi connectivity index (χ2v) is 3.62. The lowest BCUT2D eigenvalue weighted by molar-refractivity contribution is -0.124. The van der Waals surface area contributed by atoms with Crippen LogP contribution in [0.25, 0.3) is 0 Å². The lowest BCUT2D eigenvalue weighted by atomic mass is 10.2. The fraction of sp³-hybridized carbons (Fsp3) is 0.875. The third-order valence-electron chi connectivity index (χ3n) is 2.85. The van der Waals surface area contributed by atoms with Crippen LogP contribution in [0.3, 0.4) is 0 Å². The van der Waals surface area contributed by atoms with Gasteiger partial charge in [0.05, 0.1) is 18.8 Å². The Bertz CT molecular complexity index is 207. The molecule has 2 heterocycles. The summed E-state index contributed by atoms with van der Waals surface area (Å²) >= 11 is 0. The first-order chi connectivity index (χ1) is 5.68. The topological polar surface area (TPSA) is 55.6 Å². The number of nitrogens with zero attached hydrogens (tertiary/aromatic N) is 1. The molecule has 2 bridgehead atoms. The van der Waals surface area contributed by atoms with E-state index in [0.717, 1.165) is 19.6 Å². The maximum absolute atomic E-state index is 10.9. The molecule has 0 spiro atoms. The van der Waals surface area contributed by atoms with E-state index in [9.17, 15) is 4.79 Å². The second-order valence-electron chi connectivity index (χ2n) is 3.62. The van der Waals surface area contributed by atoms with Crippen LogP contribution in [-0.2, 0) is 9.53 Å². The molecule has 1 amide bonds. The van der Waals surface area contributed by atoms with E-state index in [-0.39, 0.29) is 11.9 Å². The van der Waals surface area contributed by atoms with Gasteiger partial charge in [-0.3, -0.25) is 9.69 Å². The lowest BCUT2D eigenvalue weighted by Gasteiger charge is -2.30. The van der Waals surface area contributed by atoms with Crippen molar-refractivity contribution in [3.63, 3.8) is 0 Å². The van der Waals surface area contributed by atoms with E-state index < -0.39 is 0 Å². The van der Waals surface area contributed by atoms with Gasteiger partial charge in [-0.1, -0.05) is 0 Å². The molecule has 4 nitrogen and oxygen atoms in total. The molecule has 0 aromatic carbocycles. The van der Waals surface area contributed by atoms with E-state index in [4.69, 9.17) is 10.5 Å². The van der Waals surface area contributed by atoms with Gasteiger partial charge < -0.3 is 10.5 Å². The second kappa shape index (κ2) is 2.71. The maximum atomic E-state index is 10.9. The number of amides is 1. The molecule has 3 unspecified atom stereocenters. The van der Waals surface area contributed by atoms with Gasteiger partial charge in [-0.25, -0.2) is 0 Å². The predicted molar refractivity (Wildman–Crippen MR) is 43.5 cm³/mol. The summed E-state index contributed by atoms with van der Waals surface area (Å²) in [4.78, 5) is 13.1. The quantitative estimate of drug-likeness (QED) is 0.598. The van der Waals surface area contributed by atoms with Crippen LogP contribution in [0.2, 0.25) is 0 Å². The number of primary amides is 1. The van der Waals surface area contributed by atoms with E-state index in [0.29, 0.717) is 12.1 Å². The van der Waals surface area contributed by atoms with Crippen molar-refractivity contribution in [3.8, 4) is 0 Å². The summed E-state index contributed by atoms with van der Waals surface area (Å²) < 4.78 is 5.42. The fourth-order valence-electron chi connectivity index (χ4n) is 2.07. The molecular weight excluding hydrogens is 156 g/mol. The predicted octanol–water partition coefficient (Wildman–Crippen LogP) is -0.667. The van der Waals surface area contributed by atoms with E-state index >= 15 is 0 Å². The Morgan fingerprint density at radius 1 is 1.75 bits per heavy atom. The molecule has 0 aromatic heterocycles. The normalized spacial score (nSPS) is 37.1. The number of hydrogen-bond acceptors (Lipinski definition) is 3. The molecule has 0 radical (unpaired) electrons. The maximum Gasteiger partial charge on any atom is 0.234 e. The van der Waals surface area contributed by atoms with Gasteiger partial charge in [0.2, 0.25) is 5.91 Å². The Kier molecular flexibility index (Phi) is 1.81. The molecule has 68 valence electrons. The Morgan fingerprint density at radius 2 is 2.50 bits per heavy atom. The zero-order chi connectivity index (χ0) is 8.72. The standard InChI is InChI=1S/C8H14N2O2/c1-5(8(9)11)10-3-7-2-6(10)4-12-7/h5-7H,2-4H2,1H3,(H2,9,11). The van der Waals surface area contributed by atoms with E-state index in [1.165, 1.54) is 0 Å². The van der Waals surface area contributed by atoms with Crippen LogP contribution >= 0.6 is 0 Å². The van der Waals surface area contributed by atoms with Gasteiger partial charge >= 0.3 is 0 Å². The fourth-order valence-corrected chi connectivity index (χ4v) is 2.07. The van der Waals surface area contributed by atoms with E-state index in [2.05, 4.69) is 4.90 Å². The first kappa shape index (κ1) is 8.01. The number of carbonyl (C=O) groups is 1. The van der Waals surface area contributed by atoms with Gasteiger partial charge in [0.1, 0.15) is 0 Å². The highest BCUT2D eigenvalue weighted by Gasteiger charge is 2.42. The molecule has 3 atom stereocenters. The molecule has 4 heteroatoms. The van der Waals surface area contributed by atoms with Crippen LogP contribution in [0.4, 0.5) is 0 Å². The molecule has 12 heavy (non-hydrogen) atoms. The number of fused-ring (bicyclic) bond motifs is 2. The number of rotatable bonds is 2. The van der Waals surface area contributed by atoms with Crippen LogP contribution in [-0.4, -0.2) is 42.1 Å². The summed E-state index contributed by atoms with van der Waals surface area (Å²) in [5, 5.41) is 0. The molecule has 2 aliphatic rings. The zero-order valence-electron chi connectivity index (χ0n) is 7.19. The Hall–Kier alpha value is -0.610. The van der Waals surface area contributed by atoms with Crippen molar-refractivity contribution < 1.29 is 9.53 Å². The molecule has 0 saturated carbocycles. The van der Waals surface area contributed by atoms with Gasteiger partial charge in [-0.05, 0) is 13.3 Å². The number of ether oxygens (including phenoxy) is 1. The third-order valence-corrected chi connectivity index (χ3v) is 2.85. The highest BCUT2D eigenvalue weighted by Crippen LogP contribution is 2.29. The summed E-state index contributed by atoms with van der Waals surface area (Å²) in [5.74, 6) is -0.234. The Labute approximate surface area is 71.7 Å². The van der Waals surface area contributed by atoms with E-state index in [1.807, 2.05) is 6.92 Å². The largest absolute Gasteiger partial charge is 0.375 e. The van der Waals surface area contributed by atoms with Crippen molar-refractivity contribution in [1.82, 2.24) is 4.90 Å². The Morgan fingerprint density at radius 3 is 2.92 bits per heavy atom.